The summed E-state index contributed by atoms with van der Waals surface area (Å²) >= 11 is 0. The van der Waals surface area contributed by atoms with Crippen LogP contribution in [0.3, 0.4) is 0 Å². The van der Waals surface area contributed by atoms with Crippen LogP contribution >= 0.6 is 0 Å². The Labute approximate surface area is 155 Å². The van der Waals surface area contributed by atoms with E-state index >= 15 is 0 Å². The lowest BCUT2D eigenvalue weighted by molar-refractivity contribution is 0.598. The third kappa shape index (κ3) is 4.37. The van der Waals surface area contributed by atoms with Crippen LogP contribution in [0.2, 0.25) is 0 Å². The van der Waals surface area contributed by atoms with Gasteiger partial charge in [0.2, 0.25) is 20.0 Å². The van der Waals surface area contributed by atoms with Gasteiger partial charge >= 0.3 is 0 Å². The second kappa shape index (κ2) is 7.28. The van der Waals surface area contributed by atoms with E-state index in [9.17, 15) is 16.8 Å². The van der Waals surface area contributed by atoms with E-state index in [0.717, 1.165) is 11.1 Å². The van der Waals surface area contributed by atoms with Gasteiger partial charge in [-0.05, 0) is 49.1 Å². The van der Waals surface area contributed by atoms with Crippen molar-refractivity contribution in [2.75, 3.05) is 27.1 Å². The maximum absolute atomic E-state index is 12.3. The highest BCUT2D eigenvalue weighted by molar-refractivity contribution is 7.93. The molecule has 1 fully saturated rings. The van der Waals surface area contributed by atoms with Gasteiger partial charge in [-0.3, -0.25) is 9.03 Å². The van der Waals surface area contributed by atoms with E-state index in [1.807, 2.05) is 30.3 Å². The van der Waals surface area contributed by atoms with E-state index in [1.165, 1.54) is 4.31 Å². The van der Waals surface area contributed by atoms with Crippen molar-refractivity contribution >= 4 is 31.4 Å². The smallest absolute Gasteiger partial charge is 0.235 e. The second-order valence-corrected chi connectivity index (χ2v) is 10.3. The van der Waals surface area contributed by atoms with Crippen molar-refractivity contribution < 1.29 is 16.8 Å². The van der Waals surface area contributed by atoms with Crippen molar-refractivity contribution in [3.63, 3.8) is 0 Å². The van der Waals surface area contributed by atoms with E-state index in [0.29, 0.717) is 30.8 Å². The lowest BCUT2D eigenvalue weighted by Crippen LogP contribution is -2.26. The van der Waals surface area contributed by atoms with E-state index in [4.69, 9.17) is 0 Å². The normalized spacial score (nSPS) is 16.6. The van der Waals surface area contributed by atoms with Gasteiger partial charge in [0.05, 0.1) is 17.2 Å². The van der Waals surface area contributed by atoms with Crippen LogP contribution in [0.1, 0.15) is 17.5 Å². The summed E-state index contributed by atoms with van der Waals surface area (Å²) in [6, 6.07) is 14.4. The first-order chi connectivity index (χ1) is 12.3. The Morgan fingerprint density at radius 2 is 1.85 bits per heavy atom. The highest BCUT2D eigenvalue weighted by Crippen LogP contribution is 2.29. The number of aryl methyl sites for hydroxylation is 2. The van der Waals surface area contributed by atoms with Gasteiger partial charge in [0.1, 0.15) is 0 Å². The van der Waals surface area contributed by atoms with Crippen molar-refractivity contribution in [2.24, 2.45) is 0 Å². The molecule has 2 aromatic carbocycles. The van der Waals surface area contributed by atoms with E-state index in [1.54, 1.807) is 25.1 Å². The fourth-order valence-electron chi connectivity index (χ4n) is 3.04. The Bertz CT molecular complexity index is 987. The summed E-state index contributed by atoms with van der Waals surface area (Å²) in [5.74, 6) is 0.138. The van der Waals surface area contributed by atoms with Crippen LogP contribution in [0, 0.1) is 6.92 Å². The number of anilines is 2. The molecular formula is C18H22N2O4S2. The Balaban J connectivity index is 1.71. The number of nitrogens with zero attached hydrogens (tertiary/aromatic N) is 1. The maximum atomic E-state index is 12.3. The SMILES string of the molecule is Cc1cc(NS(=O)(=O)CCc2ccccc2)ccc1N1CCCS1(=O)=O. The van der Waals surface area contributed by atoms with Gasteiger partial charge in [-0.2, -0.15) is 0 Å². The fraction of sp³-hybridized carbons (Fsp3) is 0.333. The predicted octanol–water partition coefficient (Wildman–Crippen LogP) is 2.52. The molecule has 0 atom stereocenters. The Morgan fingerprint density at radius 1 is 1.12 bits per heavy atom. The minimum Gasteiger partial charge on any atom is -0.284 e. The van der Waals surface area contributed by atoms with Crippen molar-refractivity contribution in [2.45, 2.75) is 19.8 Å². The summed E-state index contributed by atoms with van der Waals surface area (Å²) < 4.78 is 52.7. The van der Waals surface area contributed by atoms with E-state index in [2.05, 4.69) is 4.72 Å². The molecule has 0 unspecified atom stereocenters. The molecule has 0 saturated carbocycles. The Kier molecular flexibility index (Phi) is 5.24. The standard InChI is InChI=1S/C18H22N2O4S2/c1-15-14-17(8-9-18(15)20-11-5-12-26(20,23)24)19-25(21,22)13-10-16-6-3-2-4-7-16/h2-4,6-9,14,19H,5,10-13H2,1H3. The summed E-state index contributed by atoms with van der Waals surface area (Å²) in [5.41, 5.74) is 2.73. The number of benzene rings is 2. The summed E-state index contributed by atoms with van der Waals surface area (Å²) in [4.78, 5) is 0. The molecule has 0 spiro atoms. The first-order valence-corrected chi connectivity index (χ1v) is 11.7. The quantitative estimate of drug-likeness (QED) is 0.816. The van der Waals surface area contributed by atoms with Gasteiger partial charge in [-0.15, -0.1) is 0 Å². The topological polar surface area (TPSA) is 83.6 Å². The van der Waals surface area contributed by atoms with Gasteiger partial charge in [0, 0.05) is 12.2 Å². The molecule has 2 aromatic rings. The molecule has 0 radical (unpaired) electrons. The van der Waals surface area contributed by atoms with E-state index < -0.39 is 20.0 Å². The van der Waals surface area contributed by atoms with Gasteiger partial charge in [-0.25, -0.2) is 16.8 Å². The third-order valence-corrected chi connectivity index (χ3v) is 7.48. The predicted molar refractivity (Wildman–Crippen MR) is 104 cm³/mol. The van der Waals surface area contributed by atoms with Crippen LogP contribution in [-0.4, -0.2) is 34.9 Å². The zero-order chi connectivity index (χ0) is 18.8. The lowest BCUT2D eigenvalue weighted by Gasteiger charge is -2.20. The van der Waals surface area contributed by atoms with Crippen LogP contribution < -0.4 is 9.03 Å². The highest BCUT2D eigenvalue weighted by atomic mass is 32.2. The lowest BCUT2D eigenvalue weighted by atomic mass is 10.2. The molecule has 1 aliphatic heterocycles. The van der Waals surface area contributed by atoms with Crippen molar-refractivity contribution in [3.05, 3.63) is 59.7 Å². The largest absolute Gasteiger partial charge is 0.284 e. The van der Waals surface area contributed by atoms with Gasteiger partial charge < -0.3 is 0 Å². The van der Waals surface area contributed by atoms with Crippen molar-refractivity contribution in [1.82, 2.24) is 0 Å². The van der Waals surface area contributed by atoms with Crippen LogP contribution in [0.25, 0.3) is 0 Å². The van der Waals surface area contributed by atoms with Crippen LogP contribution in [0.5, 0.6) is 0 Å². The third-order valence-electron chi connectivity index (χ3n) is 4.34. The molecule has 140 valence electrons. The van der Waals surface area contributed by atoms with Gasteiger partial charge in [0.25, 0.3) is 0 Å². The van der Waals surface area contributed by atoms with Crippen LogP contribution in [0.15, 0.2) is 48.5 Å². The first-order valence-electron chi connectivity index (χ1n) is 8.42. The van der Waals surface area contributed by atoms with Crippen molar-refractivity contribution in [3.8, 4) is 0 Å². The molecule has 26 heavy (non-hydrogen) atoms. The molecule has 0 aromatic heterocycles. The minimum absolute atomic E-state index is 0.0156. The van der Waals surface area contributed by atoms with Crippen molar-refractivity contribution in [1.29, 1.82) is 0 Å². The van der Waals surface area contributed by atoms with Gasteiger partial charge in [0.15, 0.2) is 0 Å². The zero-order valence-electron chi connectivity index (χ0n) is 14.6. The second-order valence-electron chi connectivity index (χ2n) is 6.40. The molecule has 6 nitrogen and oxygen atoms in total. The summed E-state index contributed by atoms with van der Waals surface area (Å²) in [6.45, 7) is 2.25. The molecule has 8 heteroatoms. The molecule has 1 saturated heterocycles. The molecule has 3 rings (SSSR count). The maximum Gasteiger partial charge on any atom is 0.235 e. The number of sulfonamides is 2. The highest BCUT2D eigenvalue weighted by Gasteiger charge is 2.29. The van der Waals surface area contributed by atoms with E-state index in [-0.39, 0.29) is 11.5 Å². The molecule has 0 aliphatic carbocycles. The number of hydrogen-bond donors (Lipinski definition) is 1. The molecule has 1 heterocycles. The number of nitrogens with one attached hydrogen (secondary N) is 1. The minimum atomic E-state index is -3.49. The van der Waals surface area contributed by atoms with Crippen LogP contribution in [0.4, 0.5) is 11.4 Å². The molecule has 0 bridgehead atoms. The van der Waals surface area contributed by atoms with Gasteiger partial charge in [-0.1, -0.05) is 30.3 Å². The average molecular weight is 395 g/mol. The summed E-state index contributed by atoms with van der Waals surface area (Å²) in [6.07, 6.45) is 1.04. The molecule has 1 aliphatic rings. The average Bonchev–Trinajstić information content (AvgIpc) is 2.93. The Morgan fingerprint density at radius 3 is 2.46 bits per heavy atom. The summed E-state index contributed by atoms with van der Waals surface area (Å²) in [5, 5.41) is 0. The molecular weight excluding hydrogens is 372 g/mol. The summed E-state index contributed by atoms with van der Waals surface area (Å²) in [7, 11) is -6.74. The number of rotatable bonds is 6. The number of hydrogen-bond acceptors (Lipinski definition) is 4. The van der Waals surface area contributed by atoms with Crippen LogP contribution in [-0.2, 0) is 26.5 Å². The first kappa shape index (κ1) is 18.7. The molecule has 0 amide bonds. The monoisotopic (exact) mass is 394 g/mol. The zero-order valence-corrected chi connectivity index (χ0v) is 16.2. The Hall–Kier alpha value is -2.06. The molecule has 1 N–H and O–H groups in total. The fourth-order valence-corrected chi connectivity index (χ4v) is 5.76.